The summed E-state index contributed by atoms with van der Waals surface area (Å²) in [5, 5.41) is 9.82. The van der Waals surface area contributed by atoms with Gasteiger partial charge in [0.15, 0.2) is 0 Å². The number of benzene rings is 2. The minimum absolute atomic E-state index is 0.117. The van der Waals surface area contributed by atoms with Crippen molar-refractivity contribution in [1.29, 1.82) is 0 Å². The van der Waals surface area contributed by atoms with Crippen molar-refractivity contribution in [3.8, 4) is 5.75 Å². The van der Waals surface area contributed by atoms with Crippen molar-refractivity contribution in [3.05, 3.63) is 64.7 Å². The third kappa shape index (κ3) is 4.27. The summed E-state index contributed by atoms with van der Waals surface area (Å²) in [6, 6.07) is 15.5. The second-order valence-electron chi connectivity index (χ2n) is 9.07. The van der Waals surface area contributed by atoms with Crippen LogP contribution in [0.4, 0.5) is 0 Å². The lowest BCUT2D eigenvalue weighted by atomic mass is 9.58. The maximum atomic E-state index is 9.82. The molecule has 1 fully saturated rings. The van der Waals surface area contributed by atoms with Crippen molar-refractivity contribution in [2.24, 2.45) is 17.8 Å². The van der Waals surface area contributed by atoms with Crippen LogP contribution in [0.5, 0.6) is 5.75 Å². The Labute approximate surface area is 170 Å². The molecule has 1 unspecified atom stereocenters. The quantitative estimate of drug-likeness (QED) is 0.674. The highest BCUT2D eigenvalue weighted by Crippen LogP contribution is 2.48. The van der Waals surface area contributed by atoms with Crippen molar-refractivity contribution in [3.63, 3.8) is 0 Å². The van der Waals surface area contributed by atoms with Gasteiger partial charge in [0.1, 0.15) is 5.75 Å². The van der Waals surface area contributed by atoms with Crippen LogP contribution in [0.25, 0.3) is 0 Å². The van der Waals surface area contributed by atoms with Gasteiger partial charge in [-0.2, -0.15) is 0 Å². The van der Waals surface area contributed by atoms with Crippen molar-refractivity contribution in [1.82, 2.24) is 0 Å². The monoisotopic (exact) mass is 380 g/mol. The highest BCUT2D eigenvalue weighted by atomic mass is 16.5. The molecule has 28 heavy (non-hydrogen) atoms. The molecule has 1 aliphatic carbocycles. The Morgan fingerprint density at radius 2 is 1.82 bits per heavy atom. The minimum Gasteiger partial charge on any atom is -0.494 e. The van der Waals surface area contributed by atoms with Gasteiger partial charge in [0, 0.05) is 6.61 Å². The number of ether oxygens (including phenoxy) is 1. The van der Waals surface area contributed by atoms with Crippen LogP contribution in [-0.2, 0) is 11.8 Å². The molecule has 2 aromatic carbocycles. The minimum atomic E-state index is 0.117. The van der Waals surface area contributed by atoms with E-state index in [0.29, 0.717) is 31.0 Å². The predicted octanol–water partition coefficient (Wildman–Crippen LogP) is 5.92. The maximum absolute atomic E-state index is 9.82. The van der Waals surface area contributed by atoms with Gasteiger partial charge in [-0.25, -0.2) is 0 Å². The van der Waals surface area contributed by atoms with Crippen molar-refractivity contribution < 1.29 is 9.84 Å². The molecule has 0 bridgehead atoms. The summed E-state index contributed by atoms with van der Waals surface area (Å²) in [5.41, 5.74) is 5.60. The topological polar surface area (TPSA) is 29.5 Å². The van der Waals surface area contributed by atoms with E-state index >= 15 is 0 Å². The Morgan fingerprint density at radius 3 is 2.46 bits per heavy atom. The molecule has 0 aliphatic heterocycles. The molecule has 1 N–H and O–H groups in total. The second-order valence-corrected chi connectivity index (χ2v) is 9.07. The fraction of sp³-hybridized carbons (Fsp3) is 0.538. The van der Waals surface area contributed by atoms with E-state index in [4.69, 9.17) is 4.74 Å². The van der Waals surface area contributed by atoms with Gasteiger partial charge in [0.05, 0.1) is 6.61 Å². The summed E-state index contributed by atoms with van der Waals surface area (Å²) in [7, 11) is 0. The first kappa shape index (κ1) is 20.9. The molecule has 0 saturated heterocycles. The molecule has 152 valence electrons. The number of rotatable bonds is 6. The number of hydrogen-bond acceptors (Lipinski definition) is 2. The van der Waals surface area contributed by atoms with E-state index in [9.17, 15) is 5.11 Å². The average molecular weight is 381 g/mol. The summed E-state index contributed by atoms with van der Waals surface area (Å²) in [6.45, 7) is 12.4. The highest BCUT2D eigenvalue weighted by Gasteiger charge is 2.42. The molecule has 1 saturated carbocycles. The van der Waals surface area contributed by atoms with E-state index in [1.807, 2.05) is 6.92 Å². The third-order valence-electron chi connectivity index (χ3n) is 7.17. The van der Waals surface area contributed by atoms with Crippen LogP contribution >= 0.6 is 0 Å². The molecular formula is C26H36O2. The molecule has 0 heterocycles. The van der Waals surface area contributed by atoms with E-state index < -0.39 is 0 Å². The van der Waals surface area contributed by atoms with E-state index in [0.717, 1.165) is 25.0 Å². The van der Waals surface area contributed by atoms with E-state index in [1.165, 1.54) is 22.3 Å². The molecule has 2 aromatic rings. The second kappa shape index (κ2) is 8.69. The van der Waals surface area contributed by atoms with Gasteiger partial charge in [-0.1, -0.05) is 51.1 Å². The summed E-state index contributed by atoms with van der Waals surface area (Å²) in [4.78, 5) is 0. The predicted molar refractivity (Wildman–Crippen MR) is 117 cm³/mol. The number of aliphatic hydroxyl groups is 1. The molecule has 0 amide bonds. The standard InChI is InChI=1S/C26H36O2/c1-6-28-25-11-8-21(9-12-25)14-23-15-24(10-7-18(23)2)26(5)16-22(17-27)13-19(3)20(26)4/h7-12,15,19-20,22,27H,6,13-14,16-17H2,1-5H3/t19?,20-,22+,26-/m1/s1. The summed E-state index contributed by atoms with van der Waals surface area (Å²) in [5.74, 6) is 2.58. The van der Waals surface area contributed by atoms with E-state index in [1.54, 1.807) is 0 Å². The Kier molecular flexibility index (Phi) is 6.50. The van der Waals surface area contributed by atoms with Gasteiger partial charge in [-0.05, 0) is 90.7 Å². The largest absolute Gasteiger partial charge is 0.494 e. The number of aryl methyl sites for hydroxylation is 1. The lowest BCUT2D eigenvalue weighted by molar-refractivity contribution is 0.0698. The smallest absolute Gasteiger partial charge is 0.119 e. The van der Waals surface area contributed by atoms with Crippen molar-refractivity contribution >= 4 is 0 Å². The first-order chi connectivity index (χ1) is 13.4. The van der Waals surface area contributed by atoms with Crippen LogP contribution in [0.2, 0.25) is 0 Å². The third-order valence-corrected chi connectivity index (χ3v) is 7.17. The zero-order valence-electron chi connectivity index (χ0n) is 18.2. The molecule has 0 aromatic heterocycles. The van der Waals surface area contributed by atoms with Crippen LogP contribution in [0.1, 0.15) is 62.8 Å². The fourth-order valence-electron chi connectivity index (χ4n) is 5.05. The fourth-order valence-corrected chi connectivity index (χ4v) is 5.05. The lowest BCUT2D eigenvalue weighted by Gasteiger charge is -2.47. The summed E-state index contributed by atoms with van der Waals surface area (Å²) in [6.07, 6.45) is 3.15. The molecule has 0 spiro atoms. The Bertz CT molecular complexity index is 780. The average Bonchev–Trinajstić information content (AvgIpc) is 2.69. The van der Waals surface area contributed by atoms with Gasteiger partial charge in [-0.3, -0.25) is 0 Å². The molecular weight excluding hydrogens is 344 g/mol. The molecule has 2 nitrogen and oxygen atoms in total. The maximum Gasteiger partial charge on any atom is 0.119 e. The number of aliphatic hydroxyl groups excluding tert-OH is 1. The Morgan fingerprint density at radius 1 is 1.11 bits per heavy atom. The van der Waals surface area contributed by atoms with Crippen LogP contribution in [0.15, 0.2) is 42.5 Å². The zero-order valence-corrected chi connectivity index (χ0v) is 18.2. The van der Waals surface area contributed by atoms with Gasteiger partial charge in [-0.15, -0.1) is 0 Å². The molecule has 4 atom stereocenters. The van der Waals surface area contributed by atoms with Gasteiger partial charge < -0.3 is 9.84 Å². The first-order valence-corrected chi connectivity index (χ1v) is 10.8. The Balaban J connectivity index is 1.88. The zero-order chi connectivity index (χ0) is 20.3. The normalized spacial score (nSPS) is 27.6. The number of hydrogen-bond donors (Lipinski definition) is 1. The van der Waals surface area contributed by atoms with Crippen LogP contribution in [-0.4, -0.2) is 18.3 Å². The van der Waals surface area contributed by atoms with Gasteiger partial charge >= 0.3 is 0 Å². The first-order valence-electron chi connectivity index (χ1n) is 10.8. The summed E-state index contributed by atoms with van der Waals surface area (Å²) >= 11 is 0. The molecule has 3 rings (SSSR count). The van der Waals surface area contributed by atoms with Gasteiger partial charge in [0.2, 0.25) is 0 Å². The molecule has 1 aliphatic rings. The van der Waals surface area contributed by atoms with E-state index in [-0.39, 0.29) is 5.41 Å². The van der Waals surface area contributed by atoms with Crippen molar-refractivity contribution in [2.45, 2.75) is 59.3 Å². The highest BCUT2D eigenvalue weighted by molar-refractivity contribution is 5.40. The molecule has 0 radical (unpaired) electrons. The molecule has 2 heteroatoms. The van der Waals surface area contributed by atoms with Crippen LogP contribution in [0, 0.1) is 24.7 Å². The SMILES string of the molecule is CCOc1ccc(Cc2cc([C@]3(C)C[C@@H](CO)CC(C)[C@H]3C)ccc2C)cc1. The van der Waals surface area contributed by atoms with Crippen molar-refractivity contribution in [2.75, 3.05) is 13.2 Å². The van der Waals surface area contributed by atoms with Gasteiger partial charge in [0.25, 0.3) is 0 Å². The van der Waals surface area contributed by atoms with Crippen LogP contribution < -0.4 is 4.74 Å². The lowest BCUT2D eigenvalue weighted by Crippen LogP contribution is -2.42. The van der Waals surface area contributed by atoms with E-state index in [2.05, 4.69) is 70.2 Å². The Hall–Kier alpha value is -1.80. The summed E-state index contributed by atoms with van der Waals surface area (Å²) < 4.78 is 5.57. The van der Waals surface area contributed by atoms with Crippen LogP contribution in [0.3, 0.4) is 0 Å².